The van der Waals surface area contributed by atoms with E-state index in [1.54, 1.807) is 38.1 Å². The van der Waals surface area contributed by atoms with Crippen molar-refractivity contribution in [2.75, 3.05) is 43.1 Å². The standard InChI is InChI=1S/C27H39N5O5S/c1-19-18-37-16-14-32(19)24-17-23(27(2,3)38(35,36)22-7-5-4-6-8-22)30-25(31-24)20-9-11-21(12-10-20)29-26(34)28-13-15-33/h9-12,17,19,22,33H,4-8,13-16,18H2,1-3H3,(H2,28,29,34)/t19-/m0/s1. The molecule has 1 aromatic heterocycles. The summed E-state index contributed by atoms with van der Waals surface area (Å²) < 4.78 is 32.2. The third kappa shape index (κ3) is 6.10. The number of aliphatic hydroxyl groups is 1. The number of nitrogens with zero attached hydrogens (tertiary/aromatic N) is 3. The number of aromatic nitrogens is 2. The third-order valence-electron chi connectivity index (χ3n) is 7.49. The minimum atomic E-state index is -3.51. The number of sulfone groups is 1. The second-order valence-electron chi connectivity index (χ2n) is 10.5. The Labute approximate surface area is 225 Å². The zero-order valence-electron chi connectivity index (χ0n) is 22.4. The number of amides is 2. The molecule has 2 heterocycles. The SMILES string of the molecule is C[C@H]1COCCN1c1cc(C(C)(C)S(=O)(=O)C2CCCCC2)nc(-c2ccc(NC(=O)NCCO)cc2)n1. The van der Waals surface area contributed by atoms with E-state index in [4.69, 9.17) is 19.8 Å². The number of carbonyl (C=O) groups excluding carboxylic acids is 1. The molecule has 1 atom stereocenters. The summed E-state index contributed by atoms with van der Waals surface area (Å²) in [5, 5.41) is 13.8. The highest BCUT2D eigenvalue weighted by Crippen LogP contribution is 2.38. The molecular weight excluding hydrogens is 506 g/mol. The lowest BCUT2D eigenvalue weighted by Gasteiger charge is -2.36. The van der Waals surface area contributed by atoms with Gasteiger partial charge in [-0.2, -0.15) is 0 Å². The number of nitrogens with one attached hydrogen (secondary N) is 2. The quantitative estimate of drug-likeness (QED) is 0.459. The lowest BCUT2D eigenvalue weighted by Crippen LogP contribution is -2.44. The Morgan fingerprint density at radius 1 is 1.16 bits per heavy atom. The zero-order chi connectivity index (χ0) is 27.3. The second kappa shape index (κ2) is 12.0. The van der Waals surface area contributed by atoms with E-state index < -0.39 is 20.6 Å². The predicted octanol–water partition coefficient (Wildman–Crippen LogP) is 3.47. The Morgan fingerprint density at radius 2 is 1.87 bits per heavy atom. The number of ether oxygens (including phenoxy) is 1. The first-order valence-corrected chi connectivity index (χ1v) is 14.9. The van der Waals surface area contributed by atoms with Gasteiger partial charge < -0.3 is 25.4 Å². The molecule has 11 heteroatoms. The summed E-state index contributed by atoms with van der Waals surface area (Å²) in [7, 11) is -3.51. The number of hydrogen-bond donors (Lipinski definition) is 3. The van der Waals surface area contributed by atoms with Crippen molar-refractivity contribution < 1.29 is 23.1 Å². The molecule has 2 fully saturated rings. The van der Waals surface area contributed by atoms with Gasteiger partial charge in [-0.1, -0.05) is 19.3 Å². The van der Waals surface area contributed by atoms with Crippen molar-refractivity contribution in [3.8, 4) is 11.4 Å². The lowest BCUT2D eigenvalue weighted by atomic mass is 10.0. The predicted molar refractivity (Wildman–Crippen MR) is 148 cm³/mol. The van der Waals surface area contributed by atoms with E-state index in [2.05, 4.69) is 22.5 Å². The van der Waals surface area contributed by atoms with Crippen LogP contribution >= 0.6 is 0 Å². The number of morpholine rings is 1. The first kappa shape index (κ1) is 28.3. The molecule has 3 N–H and O–H groups in total. The van der Waals surface area contributed by atoms with Crippen molar-refractivity contribution in [3.05, 3.63) is 36.0 Å². The van der Waals surface area contributed by atoms with Crippen LogP contribution in [-0.4, -0.2) is 73.7 Å². The number of urea groups is 1. The maximum Gasteiger partial charge on any atom is 0.319 e. The molecule has 1 saturated carbocycles. The molecule has 0 unspecified atom stereocenters. The average Bonchev–Trinajstić information content (AvgIpc) is 2.92. The highest BCUT2D eigenvalue weighted by molar-refractivity contribution is 7.92. The maximum atomic E-state index is 13.9. The Kier molecular flexibility index (Phi) is 8.89. The first-order chi connectivity index (χ1) is 18.1. The molecule has 1 saturated heterocycles. The summed E-state index contributed by atoms with van der Waals surface area (Å²) in [4.78, 5) is 23.7. The first-order valence-electron chi connectivity index (χ1n) is 13.4. The van der Waals surface area contributed by atoms with E-state index >= 15 is 0 Å². The van der Waals surface area contributed by atoms with Crippen molar-refractivity contribution in [1.82, 2.24) is 15.3 Å². The minimum absolute atomic E-state index is 0.0847. The molecule has 0 radical (unpaired) electrons. The van der Waals surface area contributed by atoms with E-state index in [9.17, 15) is 13.2 Å². The zero-order valence-corrected chi connectivity index (χ0v) is 23.3. The van der Waals surface area contributed by atoms with Crippen molar-refractivity contribution >= 4 is 27.4 Å². The third-order valence-corrected chi connectivity index (χ3v) is 10.5. The van der Waals surface area contributed by atoms with Crippen molar-refractivity contribution in [2.24, 2.45) is 0 Å². The van der Waals surface area contributed by atoms with Crippen LogP contribution in [0.4, 0.5) is 16.3 Å². The molecule has 4 rings (SSSR count). The average molecular weight is 546 g/mol. The second-order valence-corrected chi connectivity index (χ2v) is 13.3. The minimum Gasteiger partial charge on any atom is -0.395 e. The van der Waals surface area contributed by atoms with Gasteiger partial charge in [0, 0.05) is 30.4 Å². The van der Waals surface area contributed by atoms with E-state index in [-0.39, 0.29) is 24.4 Å². The number of anilines is 2. The molecular formula is C27H39N5O5S. The molecule has 0 spiro atoms. The lowest BCUT2D eigenvalue weighted by molar-refractivity contribution is 0.0985. The van der Waals surface area contributed by atoms with Crippen LogP contribution in [0.1, 0.15) is 58.6 Å². The van der Waals surface area contributed by atoms with Gasteiger partial charge in [-0.15, -0.1) is 0 Å². The van der Waals surface area contributed by atoms with Gasteiger partial charge in [-0.3, -0.25) is 0 Å². The molecule has 2 aliphatic rings. The van der Waals surface area contributed by atoms with Crippen LogP contribution in [-0.2, 0) is 19.3 Å². The number of benzene rings is 1. The molecule has 38 heavy (non-hydrogen) atoms. The van der Waals surface area contributed by atoms with Gasteiger partial charge >= 0.3 is 6.03 Å². The van der Waals surface area contributed by atoms with Gasteiger partial charge in [0.1, 0.15) is 10.6 Å². The van der Waals surface area contributed by atoms with Gasteiger partial charge in [-0.25, -0.2) is 23.2 Å². The summed E-state index contributed by atoms with van der Waals surface area (Å²) in [6, 6.07) is 8.58. The Hall–Kier alpha value is -2.76. The number of carbonyl (C=O) groups is 1. The molecule has 1 aliphatic carbocycles. The highest BCUT2D eigenvalue weighted by Gasteiger charge is 2.44. The topological polar surface area (TPSA) is 134 Å². The van der Waals surface area contributed by atoms with Crippen LogP contribution in [0.25, 0.3) is 11.4 Å². The van der Waals surface area contributed by atoms with Gasteiger partial charge in [0.2, 0.25) is 0 Å². The van der Waals surface area contributed by atoms with Crippen molar-refractivity contribution in [1.29, 1.82) is 0 Å². The number of aliphatic hydroxyl groups excluding tert-OH is 1. The molecule has 2 amide bonds. The molecule has 2 aromatic rings. The molecule has 10 nitrogen and oxygen atoms in total. The van der Waals surface area contributed by atoms with Crippen LogP contribution in [0.5, 0.6) is 0 Å². The fraction of sp³-hybridized carbons (Fsp3) is 0.593. The van der Waals surface area contributed by atoms with Gasteiger partial charge in [0.25, 0.3) is 0 Å². The summed E-state index contributed by atoms with van der Waals surface area (Å²) >= 11 is 0. The Balaban J connectivity index is 1.71. The van der Waals surface area contributed by atoms with Gasteiger partial charge in [0.15, 0.2) is 15.7 Å². The van der Waals surface area contributed by atoms with Crippen LogP contribution < -0.4 is 15.5 Å². The summed E-state index contributed by atoms with van der Waals surface area (Å²) in [6.07, 6.45) is 4.33. The fourth-order valence-corrected chi connectivity index (χ4v) is 7.26. The fourth-order valence-electron chi connectivity index (χ4n) is 5.07. The van der Waals surface area contributed by atoms with Crippen LogP contribution in [0.2, 0.25) is 0 Å². The maximum absolute atomic E-state index is 13.9. The van der Waals surface area contributed by atoms with Crippen LogP contribution in [0.15, 0.2) is 30.3 Å². The number of rotatable bonds is 8. The van der Waals surface area contributed by atoms with E-state index in [1.807, 2.05) is 6.07 Å². The smallest absolute Gasteiger partial charge is 0.319 e. The van der Waals surface area contributed by atoms with E-state index in [0.29, 0.717) is 61.2 Å². The van der Waals surface area contributed by atoms with Crippen molar-refractivity contribution in [3.63, 3.8) is 0 Å². The van der Waals surface area contributed by atoms with Crippen LogP contribution in [0.3, 0.4) is 0 Å². The van der Waals surface area contributed by atoms with E-state index in [1.165, 1.54) is 0 Å². The van der Waals surface area contributed by atoms with E-state index in [0.717, 1.165) is 19.3 Å². The summed E-state index contributed by atoms with van der Waals surface area (Å²) in [6.45, 7) is 7.38. The highest BCUT2D eigenvalue weighted by atomic mass is 32.2. The molecule has 1 aliphatic heterocycles. The number of hydrogen-bond acceptors (Lipinski definition) is 8. The Bertz CT molecular complexity index is 1210. The van der Waals surface area contributed by atoms with Crippen LogP contribution in [0, 0.1) is 0 Å². The van der Waals surface area contributed by atoms with Crippen molar-refractivity contribution in [2.45, 2.75) is 68.9 Å². The summed E-state index contributed by atoms with van der Waals surface area (Å²) in [5.41, 5.74) is 1.76. The molecule has 1 aromatic carbocycles. The molecule has 0 bridgehead atoms. The normalized spacial score (nSPS) is 19.3. The largest absolute Gasteiger partial charge is 0.395 e. The van der Waals surface area contributed by atoms with Gasteiger partial charge in [0.05, 0.1) is 36.8 Å². The summed E-state index contributed by atoms with van der Waals surface area (Å²) in [5.74, 6) is 1.11. The molecule has 208 valence electrons. The Morgan fingerprint density at radius 3 is 2.53 bits per heavy atom. The van der Waals surface area contributed by atoms with Gasteiger partial charge in [-0.05, 0) is 57.9 Å². The monoisotopic (exact) mass is 545 g/mol.